The van der Waals surface area contributed by atoms with Gasteiger partial charge in [0.2, 0.25) is 0 Å². The lowest BCUT2D eigenvalue weighted by atomic mass is 10.0. The molecule has 0 atom stereocenters. The van der Waals surface area contributed by atoms with Gasteiger partial charge < -0.3 is 9.47 Å². The lowest BCUT2D eigenvalue weighted by molar-refractivity contribution is -0.144. The summed E-state index contributed by atoms with van der Waals surface area (Å²) in [6.07, 6.45) is 70.6. The first-order valence-corrected chi connectivity index (χ1v) is 31.2. The Hall–Kier alpha value is -0.710. The van der Waals surface area contributed by atoms with Crippen molar-refractivity contribution in [3.8, 4) is 0 Å². The normalized spacial score (nSPS) is 11.5. The third kappa shape index (κ3) is 59.4. The first-order chi connectivity index (χ1) is 32.2. The van der Waals surface area contributed by atoms with Crippen molar-refractivity contribution in [1.29, 1.82) is 0 Å². The van der Waals surface area contributed by atoms with Crippen LogP contribution < -0.4 is 0 Å². The molecular weight excluding hydrogens is 817 g/mol. The number of hydrogen-bond donors (Lipinski definition) is 0. The van der Waals surface area contributed by atoms with Crippen LogP contribution in [0, 0.1) is 0 Å². The maximum atomic E-state index is 12.1. The van der Waals surface area contributed by atoms with Crippen molar-refractivity contribution in [3.05, 3.63) is 0 Å². The monoisotopic (exact) mass is 935 g/mol. The van der Waals surface area contributed by atoms with Gasteiger partial charge in [-0.15, -0.1) is 0 Å². The molecule has 0 radical (unpaired) electrons. The molecule has 0 amide bonds. The van der Waals surface area contributed by atoms with Crippen LogP contribution in [-0.2, 0) is 19.1 Å². The van der Waals surface area contributed by atoms with E-state index in [1.165, 1.54) is 295 Å². The number of ether oxygens (including phenoxy) is 2. The minimum Gasteiger partial charge on any atom is -0.466 e. The molecule has 0 saturated heterocycles. The zero-order valence-electron chi connectivity index (χ0n) is 44.6. The van der Waals surface area contributed by atoms with Gasteiger partial charge >= 0.3 is 11.9 Å². The van der Waals surface area contributed by atoms with Crippen molar-refractivity contribution >= 4 is 23.7 Å². The van der Waals surface area contributed by atoms with Crippen LogP contribution in [0.1, 0.15) is 348 Å². The SMILES string of the molecule is CCCCCCCCCCCCCCCCCCCCCCCCCCCOC(=O)CCSCCC(=O)OCCCCCCCCCCCCCCCCCCCCCCCCCCC. The van der Waals surface area contributed by atoms with Gasteiger partial charge in [-0.2, -0.15) is 11.8 Å². The fourth-order valence-electron chi connectivity index (χ4n) is 9.41. The van der Waals surface area contributed by atoms with Crippen LogP contribution in [-0.4, -0.2) is 36.7 Å². The van der Waals surface area contributed by atoms with Crippen LogP contribution in [0.4, 0.5) is 0 Å². The fraction of sp³-hybridized carbons (Fsp3) is 0.967. The van der Waals surface area contributed by atoms with E-state index in [4.69, 9.17) is 9.47 Å². The molecule has 0 heterocycles. The number of thioether (sulfide) groups is 1. The van der Waals surface area contributed by atoms with E-state index in [0.29, 0.717) is 37.6 Å². The van der Waals surface area contributed by atoms with Gasteiger partial charge in [0.25, 0.3) is 0 Å². The van der Waals surface area contributed by atoms with Crippen LogP contribution in [0.5, 0.6) is 0 Å². The van der Waals surface area contributed by atoms with Crippen molar-refractivity contribution < 1.29 is 19.1 Å². The van der Waals surface area contributed by atoms with Gasteiger partial charge in [-0.25, -0.2) is 0 Å². The van der Waals surface area contributed by atoms with E-state index in [1.54, 1.807) is 11.8 Å². The van der Waals surface area contributed by atoms with Gasteiger partial charge in [0, 0.05) is 11.5 Å². The van der Waals surface area contributed by atoms with Crippen LogP contribution >= 0.6 is 11.8 Å². The second-order valence-electron chi connectivity index (χ2n) is 20.5. The second-order valence-corrected chi connectivity index (χ2v) is 21.7. The van der Waals surface area contributed by atoms with E-state index < -0.39 is 0 Å². The average molecular weight is 936 g/mol. The van der Waals surface area contributed by atoms with Crippen molar-refractivity contribution in [3.63, 3.8) is 0 Å². The molecule has 0 fully saturated rings. The smallest absolute Gasteiger partial charge is 0.306 e. The van der Waals surface area contributed by atoms with Gasteiger partial charge in [-0.1, -0.05) is 322 Å². The Kier molecular flexibility index (Phi) is 58.8. The Bertz CT molecular complexity index is 824. The summed E-state index contributed by atoms with van der Waals surface area (Å²) in [5.74, 6) is 1.22. The van der Waals surface area contributed by atoms with E-state index in [1.807, 2.05) is 0 Å². The second kappa shape index (κ2) is 59.4. The Labute approximate surface area is 413 Å². The molecule has 0 spiro atoms. The van der Waals surface area contributed by atoms with Gasteiger partial charge in [0.15, 0.2) is 0 Å². The predicted octanol–water partition coefficient (Wildman–Crippen LogP) is 21.1. The van der Waals surface area contributed by atoms with Gasteiger partial charge in [-0.3, -0.25) is 9.59 Å². The standard InChI is InChI=1S/C60H118O4S/c1-3-5-7-9-11-13-15-17-19-21-23-25-27-29-31-33-35-37-39-41-43-45-47-49-51-55-63-59(61)53-57-65-58-54-60(62)64-56-52-50-48-46-44-42-40-38-36-34-32-30-28-26-24-22-20-18-16-14-12-10-8-6-4-2/h3-58H2,1-2H3. The van der Waals surface area contributed by atoms with E-state index in [9.17, 15) is 9.59 Å². The highest BCUT2D eigenvalue weighted by atomic mass is 32.2. The molecule has 0 aromatic rings. The van der Waals surface area contributed by atoms with E-state index >= 15 is 0 Å². The Morgan fingerprint density at radius 3 is 0.569 bits per heavy atom. The first-order valence-electron chi connectivity index (χ1n) is 30.1. The lowest BCUT2D eigenvalue weighted by Gasteiger charge is -2.06. The van der Waals surface area contributed by atoms with Gasteiger partial charge in [-0.05, 0) is 12.8 Å². The molecule has 0 bridgehead atoms. The molecule has 0 unspecified atom stereocenters. The quantitative estimate of drug-likeness (QED) is 0.0449. The molecule has 0 aromatic heterocycles. The summed E-state index contributed by atoms with van der Waals surface area (Å²) in [5, 5.41) is 0. The van der Waals surface area contributed by atoms with Crippen LogP contribution in [0.15, 0.2) is 0 Å². The summed E-state index contributed by atoms with van der Waals surface area (Å²) in [7, 11) is 0. The van der Waals surface area contributed by atoms with E-state index in [-0.39, 0.29) is 11.9 Å². The molecule has 0 aromatic carbocycles. The summed E-state index contributed by atoms with van der Waals surface area (Å²) in [6.45, 7) is 5.70. The van der Waals surface area contributed by atoms with Crippen LogP contribution in [0.25, 0.3) is 0 Å². The highest BCUT2D eigenvalue weighted by molar-refractivity contribution is 7.99. The third-order valence-electron chi connectivity index (χ3n) is 13.9. The molecular formula is C60H118O4S. The molecule has 0 rings (SSSR count). The number of carbonyl (C=O) groups excluding carboxylic acids is 2. The zero-order chi connectivity index (χ0) is 46.9. The Balaban J connectivity index is 3.22. The number of esters is 2. The summed E-state index contributed by atoms with van der Waals surface area (Å²) in [4.78, 5) is 24.2. The van der Waals surface area contributed by atoms with Crippen molar-refractivity contribution in [2.75, 3.05) is 24.7 Å². The number of carbonyl (C=O) groups is 2. The molecule has 5 heteroatoms. The molecule has 0 aliphatic carbocycles. The minimum absolute atomic E-state index is 0.102. The Morgan fingerprint density at radius 2 is 0.400 bits per heavy atom. The van der Waals surface area contributed by atoms with E-state index in [2.05, 4.69) is 13.8 Å². The van der Waals surface area contributed by atoms with Crippen LogP contribution in [0.3, 0.4) is 0 Å². The summed E-state index contributed by atoms with van der Waals surface area (Å²) in [6, 6.07) is 0. The molecule has 0 N–H and O–H groups in total. The highest BCUT2D eigenvalue weighted by Gasteiger charge is 2.06. The maximum absolute atomic E-state index is 12.1. The minimum atomic E-state index is -0.102. The zero-order valence-corrected chi connectivity index (χ0v) is 45.5. The molecule has 388 valence electrons. The fourth-order valence-corrected chi connectivity index (χ4v) is 10.2. The number of rotatable bonds is 58. The number of hydrogen-bond acceptors (Lipinski definition) is 5. The Morgan fingerprint density at radius 1 is 0.246 bits per heavy atom. The predicted molar refractivity (Wildman–Crippen MR) is 291 cm³/mol. The molecule has 65 heavy (non-hydrogen) atoms. The number of unbranched alkanes of at least 4 members (excludes halogenated alkanes) is 48. The average Bonchev–Trinajstić information content (AvgIpc) is 3.31. The van der Waals surface area contributed by atoms with Crippen molar-refractivity contribution in [1.82, 2.24) is 0 Å². The summed E-state index contributed by atoms with van der Waals surface area (Å²) < 4.78 is 10.9. The maximum Gasteiger partial charge on any atom is 0.306 e. The van der Waals surface area contributed by atoms with Crippen LogP contribution in [0.2, 0.25) is 0 Å². The third-order valence-corrected chi connectivity index (χ3v) is 14.9. The largest absolute Gasteiger partial charge is 0.466 e. The highest BCUT2D eigenvalue weighted by Crippen LogP contribution is 2.18. The van der Waals surface area contributed by atoms with Crippen molar-refractivity contribution in [2.45, 2.75) is 348 Å². The molecule has 4 nitrogen and oxygen atoms in total. The topological polar surface area (TPSA) is 52.6 Å². The molecule has 0 aliphatic rings. The van der Waals surface area contributed by atoms with Gasteiger partial charge in [0.05, 0.1) is 26.1 Å². The summed E-state index contributed by atoms with van der Waals surface area (Å²) in [5.41, 5.74) is 0. The lowest BCUT2D eigenvalue weighted by Crippen LogP contribution is -2.09. The van der Waals surface area contributed by atoms with Crippen molar-refractivity contribution in [2.24, 2.45) is 0 Å². The summed E-state index contributed by atoms with van der Waals surface area (Å²) >= 11 is 1.65. The van der Waals surface area contributed by atoms with E-state index in [0.717, 1.165) is 25.7 Å². The molecule has 0 saturated carbocycles. The molecule has 0 aliphatic heterocycles. The van der Waals surface area contributed by atoms with Gasteiger partial charge in [0.1, 0.15) is 0 Å². The first kappa shape index (κ1) is 64.3.